The number of fused-ring (bicyclic) bond motifs is 8. The molecule has 0 bridgehead atoms. The second kappa shape index (κ2) is 18.5. The van der Waals surface area contributed by atoms with Gasteiger partial charge in [-0.05, 0) is 82.8 Å². The minimum atomic E-state index is 0. The summed E-state index contributed by atoms with van der Waals surface area (Å²) < 4.78 is 17.8. The summed E-state index contributed by atoms with van der Waals surface area (Å²) in [5, 5.41) is 4.46. The van der Waals surface area contributed by atoms with Crippen molar-refractivity contribution in [3.05, 3.63) is 192 Å². The normalized spacial score (nSPS) is 11.9. The van der Waals surface area contributed by atoms with Gasteiger partial charge in [0, 0.05) is 53.2 Å². The van der Waals surface area contributed by atoms with E-state index in [1.165, 1.54) is 27.9 Å². The second-order valence-corrected chi connectivity index (χ2v) is 19.1. The number of aromatic nitrogens is 4. The quantitative estimate of drug-likeness (QED) is 0.142. The zero-order valence-corrected chi connectivity index (χ0v) is 42.7. The van der Waals surface area contributed by atoms with Gasteiger partial charge in [-0.1, -0.05) is 145 Å². The van der Waals surface area contributed by atoms with E-state index in [0.29, 0.717) is 11.8 Å². The van der Waals surface area contributed by atoms with Gasteiger partial charge < -0.3 is 18.0 Å². The molecular formula is C62H54IrN4O2-2. The molecule has 0 saturated carbocycles. The number of para-hydroxylation sites is 7. The third-order valence-corrected chi connectivity index (χ3v) is 13.3. The number of benzene rings is 8. The Bertz CT molecular complexity index is 3800. The largest absolute Gasteiger partial charge is 0.501 e. The molecule has 7 heteroatoms. The van der Waals surface area contributed by atoms with E-state index in [1.54, 1.807) is 0 Å². The smallest absolute Gasteiger partial charge is 0.140 e. The van der Waals surface area contributed by atoms with E-state index >= 15 is 0 Å². The van der Waals surface area contributed by atoms with Crippen LogP contribution in [0.25, 0.3) is 100 Å². The van der Waals surface area contributed by atoms with E-state index in [-0.39, 0.29) is 31.9 Å². The van der Waals surface area contributed by atoms with Gasteiger partial charge in [0.05, 0.1) is 39.3 Å². The molecule has 12 aromatic rings. The number of imidazole rings is 2. The van der Waals surface area contributed by atoms with Gasteiger partial charge >= 0.3 is 0 Å². The van der Waals surface area contributed by atoms with Crippen molar-refractivity contribution in [3.8, 4) is 34.2 Å². The molecule has 0 N–H and O–H groups in total. The Balaban J connectivity index is 0.000000172. The van der Waals surface area contributed by atoms with Crippen molar-refractivity contribution in [2.75, 3.05) is 0 Å². The Kier molecular flexibility index (Phi) is 12.2. The molecule has 0 fully saturated rings. The van der Waals surface area contributed by atoms with Crippen molar-refractivity contribution in [1.29, 1.82) is 0 Å². The van der Waals surface area contributed by atoms with Crippen molar-refractivity contribution < 1.29 is 28.9 Å². The third kappa shape index (κ3) is 7.78. The van der Waals surface area contributed by atoms with Crippen molar-refractivity contribution in [3.63, 3.8) is 0 Å². The van der Waals surface area contributed by atoms with E-state index in [2.05, 4.69) is 186 Å². The van der Waals surface area contributed by atoms with E-state index in [1.807, 2.05) is 48.5 Å². The summed E-state index contributed by atoms with van der Waals surface area (Å²) in [5.41, 5.74) is 17.0. The molecule has 0 aliphatic rings. The van der Waals surface area contributed by atoms with Gasteiger partial charge in [-0.2, -0.15) is 0 Å². The van der Waals surface area contributed by atoms with Crippen LogP contribution in [-0.2, 0) is 20.1 Å². The first-order valence-electron chi connectivity index (χ1n) is 23.9. The fraction of sp³-hybridized carbons (Fsp3) is 0.194. The number of rotatable bonds is 8. The Labute approximate surface area is 417 Å². The van der Waals surface area contributed by atoms with Crippen LogP contribution in [0.1, 0.15) is 101 Å². The minimum absolute atomic E-state index is 0. The van der Waals surface area contributed by atoms with E-state index in [4.69, 9.17) is 18.8 Å². The third-order valence-electron chi connectivity index (χ3n) is 13.3. The molecule has 0 aliphatic heterocycles. The summed E-state index contributed by atoms with van der Waals surface area (Å²) in [6, 6.07) is 61.3. The van der Waals surface area contributed by atoms with Crippen molar-refractivity contribution >= 4 is 65.9 Å². The minimum Gasteiger partial charge on any atom is -0.501 e. The van der Waals surface area contributed by atoms with Crippen LogP contribution in [0.4, 0.5) is 0 Å². The van der Waals surface area contributed by atoms with E-state index < -0.39 is 0 Å². The Hall–Kier alpha value is -7.05. The Morgan fingerprint density at radius 3 is 1.57 bits per heavy atom. The summed E-state index contributed by atoms with van der Waals surface area (Å²) in [5.74, 6) is 3.08. The van der Waals surface area contributed by atoms with Crippen molar-refractivity contribution in [1.82, 2.24) is 19.1 Å². The first-order chi connectivity index (χ1) is 33.1. The van der Waals surface area contributed by atoms with Gasteiger partial charge in [-0.3, -0.25) is 9.97 Å². The first kappa shape index (κ1) is 45.7. The molecule has 0 amide bonds. The maximum Gasteiger partial charge on any atom is 0.140 e. The van der Waals surface area contributed by atoms with Crippen LogP contribution < -0.4 is 0 Å². The second-order valence-electron chi connectivity index (χ2n) is 19.1. The molecule has 1 radical (unpaired) electrons. The van der Waals surface area contributed by atoms with Crippen LogP contribution in [0.5, 0.6) is 0 Å². The molecule has 8 aromatic carbocycles. The SMILES string of the molecule is CC(C)c1cc2c(oc3ccccc32)c(C(C)C)c1-n1c(-c2[c-]ccc3c2oc2ccccc23)nc2ccccc21.CC(C)c1cccc(C(C)C)c1-n1c(-c2[c-]cccc2)nc2ccccc21.[Ir]. The molecule has 0 saturated heterocycles. The summed E-state index contributed by atoms with van der Waals surface area (Å²) in [6.07, 6.45) is 0. The van der Waals surface area contributed by atoms with Crippen LogP contribution in [0.2, 0.25) is 0 Å². The zero-order valence-electron chi connectivity index (χ0n) is 40.3. The maximum atomic E-state index is 6.63. The van der Waals surface area contributed by atoms with Gasteiger partial charge in [-0.15, -0.1) is 54.1 Å². The fourth-order valence-electron chi connectivity index (χ4n) is 10.1. The van der Waals surface area contributed by atoms with Gasteiger partial charge in [0.2, 0.25) is 0 Å². The van der Waals surface area contributed by atoms with Gasteiger partial charge in [0.25, 0.3) is 0 Å². The predicted molar refractivity (Wildman–Crippen MR) is 282 cm³/mol. The van der Waals surface area contributed by atoms with Crippen molar-refractivity contribution in [2.24, 2.45) is 0 Å². The maximum absolute atomic E-state index is 6.63. The van der Waals surface area contributed by atoms with Gasteiger partial charge in [-0.25, -0.2) is 0 Å². The Morgan fingerprint density at radius 1 is 0.435 bits per heavy atom. The molecule has 4 aromatic heterocycles. The number of nitrogens with zero attached hydrogens (tertiary/aromatic N) is 4. The average molecular weight is 1080 g/mol. The molecule has 345 valence electrons. The molecule has 6 nitrogen and oxygen atoms in total. The average Bonchev–Trinajstić information content (AvgIpc) is 4.13. The number of hydrogen-bond donors (Lipinski definition) is 0. The molecule has 4 heterocycles. The molecule has 0 atom stereocenters. The standard InChI is InChI=1S/C37H29N2O2.C25H25N2.Ir/c1-21(2)27-20-28-24-13-6-10-19-32(24)41-36(28)33(22(3)4)34(27)39-30-17-8-7-16-29(30)38-37(39)26-15-11-14-25-23-12-5-9-18-31(23)40-35(25)26;1-17(2)20-13-10-14-21(18(3)4)24(20)27-23-16-9-8-15-22(23)26-25(27)19-11-6-5-7-12-19;/h5-14,16-22H,1-4H3;5-11,13-18H,1-4H3;/q2*-1;. The van der Waals surface area contributed by atoms with Crippen LogP contribution in [0, 0.1) is 12.1 Å². The van der Waals surface area contributed by atoms with Crippen LogP contribution in [0.15, 0.2) is 167 Å². The summed E-state index contributed by atoms with van der Waals surface area (Å²) in [6.45, 7) is 18.1. The first-order valence-corrected chi connectivity index (χ1v) is 23.9. The molecule has 0 unspecified atom stereocenters. The molecule has 69 heavy (non-hydrogen) atoms. The molecule has 0 aliphatic carbocycles. The number of hydrogen-bond acceptors (Lipinski definition) is 4. The Morgan fingerprint density at radius 2 is 0.971 bits per heavy atom. The van der Waals surface area contributed by atoms with E-state index in [0.717, 1.165) is 94.4 Å². The summed E-state index contributed by atoms with van der Waals surface area (Å²) in [4.78, 5) is 10.2. The van der Waals surface area contributed by atoms with Crippen LogP contribution in [-0.4, -0.2) is 19.1 Å². The fourth-order valence-corrected chi connectivity index (χ4v) is 10.1. The van der Waals surface area contributed by atoms with Gasteiger partial charge in [0.15, 0.2) is 0 Å². The molecule has 0 spiro atoms. The summed E-state index contributed by atoms with van der Waals surface area (Å²) >= 11 is 0. The topological polar surface area (TPSA) is 61.9 Å². The van der Waals surface area contributed by atoms with Crippen molar-refractivity contribution in [2.45, 2.75) is 79.1 Å². The zero-order chi connectivity index (χ0) is 46.8. The summed E-state index contributed by atoms with van der Waals surface area (Å²) in [7, 11) is 0. The predicted octanol–water partition coefficient (Wildman–Crippen LogP) is 17.3. The van der Waals surface area contributed by atoms with E-state index in [9.17, 15) is 0 Å². The molecule has 12 rings (SSSR count). The number of furan rings is 2. The van der Waals surface area contributed by atoms with Gasteiger partial charge in [0.1, 0.15) is 16.7 Å². The molecular weight excluding hydrogens is 1020 g/mol. The van der Waals surface area contributed by atoms with Crippen LogP contribution in [0.3, 0.4) is 0 Å². The van der Waals surface area contributed by atoms with Crippen LogP contribution >= 0.6 is 0 Å². The monoisotopic (exact) mass is 1080 g/mol.